The lowest BCUT2D eigenvalue weighted by molar-refractivity contribution is -0.122. The Morgan fingerprint density at radius 1 is 0.971 bits per heavy atom. The standard InChI is InChI=1S/C28H23N3O3S/c1-34-22-14-12-21(13-15-22)26(20-10-6-3-7-11-20)30-24(32)16-31-18-29-27-25(28(31)33)23(17-35-27)19-8-4-2-5-9-19/h2-15,17-18,26H,16H2,1H3,(H,30,32)/t26-/m1/s1. The molecule has 35 heavy (non-hydrogen) atoms. The number of carbonyl (C=O) groups is 1. The molecule has 0 radical (unpaired) electrons. The van der Waals surface area contributed by atoms with Gasteiger partial charge in [-0.05, 0) is 28.8 Å². The highest BCUT2D eigenvalue weighted by atomic mass is 32.1. The van der Waals surface area contributed by atoms with Crippen molar-refractivity contribution in [2.75, 3.05) is 7.11 Å². The van der Waals surface area contributed by atoms with E-state index >= 15 is 0 Å². The summed E-state index contributed by atoms with van der Waals surface area (Å²) in [6, 6.07) is 26.7. The molecule has 5 rings (SSSR count). The lowest BCUT2D eigenvalue weighted by Gasteiger charge is -2.20. The average Bonchev–Trinajstić information content (AvgIpc) is 3.35. The summed E-state index contributed by atoms with van der Waals surface area (Å²) in [4.78, 5) is 31.6. The summed E-state index contributed by atoms with van der Waals surface area (Å²) in [7, 11) is 1.62. The maximum atomic E-state index is 13.4. The first-order chi connectivity index (χ1) is 17.1. The highest BCUT2D eigenvalue weighted by molar-refractivity contribution is 7.17. The van der Waals surface area contributed by atoms with E-state index in [9.17, 15) is 9.59 Å². The number of amides is 1. The van der Waals surface area contributed by atoms with Crippen molar-refractivity contribution >= 4 is 27.5 Å². The first-order valence-electron chi connectivity index (χ1n) is 11.1. The number of thiophene rings is 1. The lowest BCUT2D eigenvalue weighted by atomic mass is 9.98. The first-order valence-corrected chi connectivity index (χ1v) is 12.0. The van der Waals surface area contributed by atoms with Crippen molar-refractivity contribution in [1.82, 2.24) is 14.9 Å². The van der Waals surface area contributed by atoms with Crippen molar-refractivity contribution in [2.24, 2.45) is 0 Å². The average molecular weight is 482 g/mol. The van der Waals surface area contributed by atoms with E-state index in [4.69, 9.17) is 4.74 Å². The SMILES string of the molecule is COc1ccc([C@H](NC(=O)Cn2cnc3scc(-c4ccccc4)c3c2=O)c2ccccc2)cc1. The van der Waals surface area contributed by atoms with Crippen LogP contribution in [0.5, 0.6) is 5.75 Å². The van der Waals surface area contributed by atoms with E-state index in [-0.39, 0.29) is 24.1 Å². The molecule has 0 aliphatic carbocycles. The van der Waals surface area contributed by atoms with Crippen LogP contribution in [0, 0.1) is 0 Å². The Kier molecular flexibility index (Phi) is 6.41. The van der Waals surface area contributed by atoms with E-state index in [2.05, 4.69) is 10.3 Å². The Balaban J connectivity index is 1.44. The molecule has 1 N–H and O–H groups in total. The second-order valence-corrected chi connectivity index (χ2v) is 8.92. The molecule has 0 bridgehead atoms. The molecule has 7 heteroatoms. The Hall–Kier alpha value is -4.23. The predicted octanol–water partition coefficient (Wildman–Crippen LogP) is 5.04. The molecule has 3 aromatic carbocycles. The Morgan fingerprint density at radius 2 is 1.63 bits per heavy atom. The van der Waals surface area contributed by atoms with Crippen LogP contribution < -0.4 is 15.6 Å². The minimum atomic E-state index is -0.372. The fourth-order valence-electron chi connectivity index (χ4n) is 4.07. The van der Waals surface area contributed by atoms with E-state index in [1.54, 1.807) is 7.11 Å². The Labute approximate surface area is 206 Å². The van der Waals surface area contributed by atoms with E-state index in [1.165, 1.54) is 22.2 Å². The fourth-order valence-corrected chi connectivity index (χ4v) is 4.98. The van der Waals surface area contributed by atoms with Crippen molar-refractivity contribution in [2.45, 2.75) is 12.6 Å². The Bertz CT molecular complexity index is 1510. The summed E-state index contributed by atoms with van der Waals surface area (Å²) in [5, 5.41) is 5.56. The monoisotopic (exact) mass is 481 g/mol. The van der Waals surface area contributed by atoms with Gasteiger partial charge in [-0.25, -0.2) is 4.98 Å². The molecule has 0 unspecified atom stereocenters. The minimum Gasteiger partial charge on any atom is -0.497 e. The maximum absolute atomic E-state index is 13.4. The summed E-state index contributed by atoms with van der Waals surface area (Å²) in [5.74, 6) is 0.456. The number of aromatic nitrogens is 2. The van der Waals surface area contributed by atoms with Crippen molar-refractivity contribution < 1.29 is 9.53 Å². The summed E-state index contributed by atoms with van der Waals surface area (Å²) < 4.78 is 6.63. The maximum Gasteiger partial charge on any atom is 0.263 e. The number of rotatable bonds is 7. The fraction of sp³-hybridized carbons (Fsp3) is 0.107. The second kappa shape index (κ2) is 9.95. The van der Waals surface area contributed by atoms with Crippen LogP contribution >= 0.6 is 11.3 Å². The third-order valence-electron chi connectivity index (χ3n) is 5.85. The van der Waals surface area contributed by atoms with Crippen molar-refractivity contribution in [3.63, 3.8) is 0 Å². The summed E-state index contributed by atoms with van der Waals surface area (Å²) >= 11 is 1.42. The molecule has 0 aliphatic rings. The normalized spacial score (nSPS) is 11.8. The van der Waals surface area contributed by atoms with Gasteiger partial charge in [0, 0.05) is 10.9 Å². The van der Waals surface area contributed by atoms with Crippen LogP contribution in [0.3, 0.4) is 0 Å². The van der Waals surface area contributed by atoms with E-state index in [0.29, 0.717) is 10.2 Å². The highest BCUT2D eigenvalue weighted by Crippen LogP contribution is 2.30. The van der Waals surface area contributed by atoms with E-state index < -0.39 is 0 Å². The molecule has 0 aliphatic heterocycles. The van der Waals surface area contributed by atoms with Gasteiger partial charge in [0.05, 0.1) is 24.9 Å². The van der Waals surface area contributed by atoms with Gasteiger partial charge in [0.15, 0.2) is 0 Å². The molecule has 1 amide bonds. The quantitative estimate of drug-likeness (QED) is 0.354. The van der Waals surface area contributed by atoms with Crippen LogP contribution in [-0.4, -0.2) is 22.6 Å². The zero-order valence-corrected chi connectivity index (χ0v) is 19.9. The second-order valence-electron chi connectivity index (χ2n) is 8.06. The molecule has 0 saturated heterocycles. The van der Waals surface area contributed by atoms with Crippen LogP contribution in [0.25, 0.3) is 21.3 Å². The summed E-state index contributed by atoms with van der Waals surface area (Å²) in [6.45, 7) is -0.134. The molecule has 1 atom stereocenters. The number of nitrogens with zero attached hydrogens (tertiary/aromatic N) is 2. The van der Waals surface area contributed by atoms with Crippen LogP contribution in [-0.2, 0) is 11.3 Å². The van der Waals surface area contributed by atoms with Crippen molar-refractivity contribution in [3.05, 3.63) is 118 Å². The minimum absolute atomic E-state index is 0.134. The number of hydrogen-bond donors (Lipinski definition) is 1. The molecule has 2 heterocycles. The number of hydrogen-bond acceptors (Lipinski definition) is 5. The largest absolute Gasteiger partial charge is 0.497 e. The van der Waals surface area contributed by atoms with Crippen LogP contribution in [0.1, 0.15) is 17.2 Å². The number of fused-ring (bicyclic) bond motifs is 1. The van der Waals surface area contributed by atoms with Gasteiger partial charge in [0.1, 0.15) is 17.1 Å². The van der Waals surface area contributed by atoms with Gasteiger partial charge in [-0.1, -0.05) is 72.8 Å². The highest BCUT2D eigenvalue weighted by Gasteiger charge is 2.19. The number of nitrogens with one attached hydrogen (secondary N) is 1. The van der Waals surface area contributed by atoms with Crippen LogP contribution in [0.4, 0.5) is 0 Å². The first kappa shape index (κ1) is 22.6. The zero-order chi connectivity index (χ0) is 24.2. The molecule has 0 saturated carbocycles. The van der Waals surface area contributed by atoms with Gasteiger partial charge in [0.25, 0.3) is 5.56 Å². The number of methoxy groups -OCH3 is 1. The molecule has 174 valence electrons. The molecule has 5 aromatic rings. The van der Waals surface area contributed by atoms with E-state index in [1.807, 2.05) is 90.3 Å². The van der Waals surface area contributed by atoms with Gasteiger partial charge in [-0.15, -0.1) is 11.3 Å². The van der Waals surface area contributed by atoms with Gasteiger partial charge >= 0.3 is 0 Å². The van der Waals surface area contributed by atoms with E-state index in [0.717, 1.165) is 28.0 Å². The lowest BCUT2D eigenvalue weighted by Crippen LogP contribution is -2.35. The number of carbonyl (C=O) groups excluding carboxylic acids is 1. The van der Waals surface area contributed by atoms with Crippen molar-refractivity contribution in [3.8, 4) is 16.9 Å². The topological polar surface area (TPSA) is 73.2 Å². The molecule has 2 aromatic heterocycles. The predicted molar refractivity (Wildman–Crippen MR) is 139 cm³/mol. The third-order valence-corrected chi connectivity index (χ3v) is 6.73. The number of ether oxygens (including phenoxy) is 1. The smallest absolute Gasteiger partial charge is 0.263 e. The van der Waals surface area contributed by atoms with Gasteiger partial charge < -0.3 is 10.1 Å². The third kappa shape index (κ3) is 4.72. The van der Waals surface area contributed by atoms with Gasteiger partial charge in [-0.2, -0.15) is 0 Å². The Morgan fingerprint density at radius 3 is 2.31 bits per heavy atom. The molecule has 6 nitrogen and oxygen atoms in total. The zero-order valence-electron chi connectivity index (χ0n) is 19.0. The van der Waals surface area contributed by atoms with Crippen LogP contribution in [0.15, 0.2) is 101 Å². The van der Waals surface area contributed by atoms with Gasteiger partial charge in [0.2, 0.25) is 5.91 Å². The molecule has 0 spiro atoms. The van der Waals surface area contributed by atoms with Crippen molar-refractivity contribution in [1.29, 1.82) is 0 Å². The summed E-state index contributed by atoms with van der Waals surface area (Å²) in [5.41, 5.74) is 3.40. The molecular weight excluding hydrogens is 458 g/mol. The molecular formula is C28H23N3O3S. The summed E-state index contributed by atoms with van der Waals surface area (Å²) in [6.07, 6.45) is 1.44. The molecule has 0 fully saturated rings. The van der Waals surface area contributed by atoms with Gasteiger partial charge in [-0.3, -0.25) is 14.2 Å². The van der Waals surface area contributed by atoms with Crippen LogP contribution in [0.2, 0.25) is 0 Å². The number of benzene rings is 3.